The zero-order chi connectivity index (χ0) is 20.1. The number of hydrazine groups is 1. The number of benzene rings is 2. The molecular formula is C20H21BrN4O3. The molecule has 1 heterocycles. The van der Waals surface area contributed by atoms with Gasteiger partial charge in [0.1, 0.15) is 5.92 Å². The molecule has 0 bridgehead atoms. The van der Waals surface area contributed by atoms with Gasteiger partial charge in [-0.25, -0.2) is 0 Å². The second kappa shape index (κ2) is 8.88. The first-order chi connectivity index (χ1) is 13.4. The summed E-state index contributed by atoms with van der Waals surface area (Å²) in [7, 11) is 0. The molecule has 0 radical (unpaired) electrons. The molecule has 1 fully saturated rings. The lowest BCUT2D eigenvalue weighted by molar-refractivity contribution is -0.135. The number of aryl methyl sites for hydroxylation is 1. The summed E-state index contributed by atoms with van der Waals surface area (Å²) in [4.78, 5) is 38.4. The molecule has 2 aromatic rings. The number of hydrogen-bond donors (Lipinski definition) is 3. The molecule has 3 rings (SSSR count). The van der Waals surface area contributed by atoms with E-state index in [0.29, 0.717) is 13.0 Å². The normalized spacial score (nSPS) is 16.0. The minimum absolute atomic E-state index is 0.00607. The van der Waals surface area contributed by atoms with E-state index in [1.807, 2.05) is 55.5 Å². The fourth-order valence-electron chi connectivity index (χ4n) is 2.94. The molecule has 1 unspecified atom stereocenters. The van der Waals surface area contributed by atoms with Crippen LogP contribution in [-0.4, -0.2) is 30.8 Å². The van der Waals surface area contributed by atoms with Gasteiger partial charge in [0.05, 0.1) is 6.54 Å². The lowest BCUT2D eigenvalue weighted by Gasteiger charge is -2.17. The van der Waals surface area contributed by atoms with Crippen molar-refractivity contribution in [1.82, 2.24) is 10.9 Å². The standard InChI is InChI=1S/C20H21BrN4O3/c1-13-5-7-15(8-6-13)22-12-18(26)23-24-19(27)17-9-10-25(20(17)28)16-4-2-3-14(21)11-16/h2-8,11,17,22H,9-10,12H2,1H3,(H,23,26)(H,24,27). The minimum atomic E-state index is -0.815. The predicted octanol–water partition coefficient (Wildman–Crippen LogP) is 2.37. The summed E-state index contributed by atoms with van der Waals surface area (Å²) in [6.07, 6.45) is 0.397. The molecule has 3 N–H and O–H groups in total. The molecule has 1 aliphatic rings. The first-order valence-electron chi connectivity index (χ1n) is 8.90. The molecular weight excluding hydrogens is 424 g/mol. The Morgan fingerprint density at radius 1 is 1.14 bits per heavy atom. The summed E-state index contributed by atoms with van der Waals surface area (Å²) in [5, 5.41) is 2.96. The molecule has 28 heavy (non-hydrogen) atoms. The lowest BCUT2D eigenvalue weighted by atomic mass is 10.1. The van der Waals surface area contributed by atoms with Crippen molar-refractivity contribution in [3.63, 3.8) is 0 Å². The van der Waals surface area contributed by atoms with Crippen molar-refractivity contribution in [3.8, 4) is 0 Å². The maximum Gasteiger partial charge on any atom is 0.257 e. The molecule has 0 aliphatic carbocycles. The molecule has 1 aliphatic heterocycles. The summed E-state index contributed by atoms with van der Waals surface area (Å²) in [6, 6.07) is 15.0. The molecule has 2 aromatic carbocycles. The third kappa shape index (κ3) is 4.89. The Labute approximate surface area is 171 Å². The van der Waals surface area contributed by atoms with Crippen LogP contribution in [0.15, 0.2) is 53.0 Å². The van der Waals surface area contributed by atoms with Gasteiger partial charge in [0.15, 0.2) is 0 Å². The van der Waals surface area contributed by atoms with Crippen LogP contribution in [0.4, 0.5) is 11.4 Å². The van der Waals surface area contributed by atoms with Gasteiger partial charge in [0, 0.05) is 22.4 Å². The van der Waals surface area contributed by atoms with Crippen LogP contribution in [0, 0.1) is 12.8 Å². The van der Waals surface area contributed by atoms with Gasteiger partial charge < -0.3 is 10.2 Å². The van der Waals surface area contributed by atoms with Crippen molar-refractivity contribution in [1.29, 1.82) is 0 Å². The molecule has 0 spiro atoms. The van der Waals surface area contributed by atoms with E-state index in [0.717, 1.165) is 21.4 Å². The van der Waals surface area contributed by atoms with Crippen LogP contribution < -0.4 is 21.1 Å². The van der Waals surface area contributed by atoms with Gasteiger partial charge in [-0.2, -0.15) is 0 Å². The van der Waals surface area contributed by atoms with Crippen LogP contribution in [0.3, 0.4) is 0 Å². The quantitative estimate of drug-likeness (QED) is 0.487. The Morgan fingerprint density at radius 2 is 1.89 bits per heavy atom. The number of rotatable bonds is 5. The van der Waals surface area contributed by atoms with E-state index in [-0.39, 0.29) is 12.5 Å². The maximum absolute atomic E-state index is 12.6. The Kier molecular flexibility index (Phi) is 6.30. The SMILES string of the molecule is Cc1ccc(NCC(=O)NNC(=O)C2CCN(c3cccc(Br)c3)C2=O)cc1. The maximum atomic E-state index is 12.6. The summed E-state index contributed by atoms with van der Waals surface area (Å²) in [5.41, 5.74) is 7.36. The third-order valence-electron chi connectivity index (χ3n) is 4.47. The van der Waals surface area contributed by atoms with Gasteiger partial charge >= 0.3 is 0 Å². The summed E-state index contributed by atoms with van der Waals surface area (Å²) in [5.74, 6) is -2.00. The smallest absolute Gasteiger partial charge is 0.257 e. The van der Waals surface area contributed by atoms with Crippen molar-refractivity contribution < 1.29 is 14.4 Å². The zero-order valence-corrected chi connectivity index (χ0v) is 17.0. The highest BCUT2D eigenvalue weighted by atomic mass is 79.9. The second-order valence-electron chi connectivity index (χ2n) is 6.57. The van der Waals surface area contributed by atoms with E-state index in [1.54, 1.807) is 4.90 Å². The Morgan fingerprint density at radius 3 is 2.61 bits per heavy atom. The Hall–Kier alpha value is -2.87. The summed E-state index contributed by atoms with van der Waals surface area (Å²) >= 11 is 3.38. The van der Waals surface area contributed by atoms with Gasteiger partial charge in [-0.05, 0) is 43.7 Å². The highest BCUT2D eigenvalue weighted by Gasteiger charge is 2.37. The van der Waals surface area contributed by atoms with Gasteiger partial charge in [-0.15, -0.1) is 0 Å². The molecule has 1 saturated heterocycles. The number of carbonyl (C=O) groups is 3. The van der Waals surface area contributed by atoms with Gasteiger partial charge in [-0.3, -0.25) is 25.2 Å². The highest BCUT2D eigenvalue weighted by molar-refractivity contribution is 9.10. The van der Waals surface area contributed by atoms with Crippen molar-refractivity contribution in [2.45, 2.75) is 13.3 Å². The van der Waals surface area contributed by atoms with Crippen molar-refractivity contribution in [2.24, 2.45) is 5.92 Å². The van der Waals surface area contributed by atoms with E-state index in [9.17, 15) is 14.4 Å². The van der Waals surface area contributed by atoms with Crippen LogP contribution in [0.5, 0.6) is 0 Å². The Balaban J connectivity index is 1.47. The average Bonchev–Trinajstić information content (AvgIpc) is 3.07. The van der Waals surface area contributed by atoms with E-state index in [2.05, 4.69) is 32.1 Å². The molecule has 8 heteroatoms. The number of carbonyl (C=O) groups excluding carboxylic acids is 3. The van der Waals surface area contributed by atoms with Crippen molar-refractivity contribution in [3.05, 3.63) is 58.6 Å². The van der Waals surface area contributed by atoms with Gasteiger partial charge in [0.2, 0.25) is 5.91 Å². The monoisotopic (exact) mass is 444 g/mol. The molecule has 3 amide bonds. The van der Waals surface area contributed by atoms with Crippen LogP contribution in [0.25, 0.3) is 0 Å². The molecule has 7 nitrogen and oxygen atoms in total. The summed E-state index contributed by atoms with van der Waals surface area (Å²) < 4.78 is 0.860. The first-order valence-corrected chi connectivity index (χ1v) is 9.69. The number of amides is 3. The second-order valence-corrected chi connectivity index (χ2v) is 7.48. The number of nitrogens with zero attached hydrogens (tertiary/aromatic N) is 1. The van der Waals surface area contributed by atoms with Crippen molar-refractivity contribution >= 4 is 45.0 Å². The van der Waals surface area contributed by atoms with Gasteiger partial charge in [0.25, 0.3) is 11.8 Å². The fraction of sp³-hybridized carbons (Fsp3) is 0.250. The topological polar surface area (TPSA) is 90.5 Å². The highest BCUT2D eigenvalue weighted by Crippen LogP contribution is 2.27. The van der Waals surface area contributed by atoms with E-state index >= 15 is 0 Å². The number of halogens is 1. The molecule has 146 valence electrons. The van der Waals surface area contributed by atoms with Crippen LogP contribution >= 0.6 is 15.9 Å². The van der Waals surface area contributed by atoms with Crippen molar-refractivity contribution in [2.75, 3.05) is 23.3 Å². The number of nitrogens with one attached hydrogen (secondary N) is 3. The fourth-order valence-corrected chi connectivity index (χ4v) is 3.33. The Bertz CT molecular complexity index is 885. The molecule has 1 atom stereocenters. The van der Waals surface area contributed by atoms with E-state index in [1.165, 1.54) is 0 Å². The summed E-state index contributed by atoms with van der Waals surface area (Å²) in [6.45, 7) is 2.44. The lowest BCUT2D eigenvalue weighted by Crippen LogP contribution is -2.48. The van der Waals surface area contributed by atoms with E-state index in [4.69, 9.17) is 0 Å². The minimum Gasteiger partial charge on any atom is -0.376 e. The van der Waals surface area contributed by atoms with Crippen LogP contribution in [0.2, 0.25) is 0 Å². The number of anilines is 2. The van der Waals surface area contributed by atoms with Crippen LogP contribution in [-0.2, 0) is 14.4 Å². The largest absolute Gasteiger partial charge is 0.376 e. The van der Waals surface area contributed by atoms with E-state index < -0.39 is 17.7 Å². The zero-order valence-electron chi connectivity index (χ0n) is 15.4. The molecule has 0 saturated carbocycles. The third-order valence-corrected chi connectivity index (χ3v) is 4.96. The average molecular weight is 445 g/mol. The predicted molar refractivity (Wildman–Crippen MR) is 111 cm³/mol. The number of hydrogen-bond acceptors (Lipinski definition) is 4. The van der Waals surface area contributed by atoms with Gasteiger partial charge in [-0.1, -0.05) is 39.7 Å². The first kappa shape index (κ1) is 19.9. The molecule has 0 aromatic heterocycles. The van der Waals surface area contributed by atoms with Crippen LogP contribution in [0.1, 0.15) is 12.0 Å².